The monoisotopic (exact) mass is 209 g/mol. The summed E-state index contributed by atoms with van der Waals surface area (Å²) in [4.78, 5) is 13.3. The summed E-state index contributed by atoms with van der Waals surface area (Å²) in [6.07, 6.45) is 1.14. The average molecular weight is 210 g/mol. The predicted molar refractivity (Wildman–Crippen MR) is 45.0 cm³/mol. The Morgan fingerprint density at radius 1 is 1.78 bits per heavy atom. The minimum atomic E-state index is -1.05. The molecule has 1 atom stereocenters. The molecule has 0 saturated heterocycles. The lowest BCUT2D eigenvalue weighted by atomic mass is 10.6. The zero-order valence-corrected chi connectivity index (χ0v) is 8.52. The third-order valence-electron chi connectivity index (χ3n) is 0.902. The fourth-order valence-corrected chi connectivity index (χ4v) is 3.98. The first kappa shape index (κ1) is 9.17. The Kier molecular flexibility index (Phi) is 5.08. The maximum atomic E-state index is 10.4. The van der Waals surface area contributed by atoms with E-state index in [1.54, 1.807) is 6.92 Å². The second-order valence-electron chi connectivity index (χ2n) is 1.96. The van der Waals surface area contributed by atoms with Crippen molar-refractivity contribution in [1.29, 1.82) is 0 Å². The first-order valence-corrected chi connectivity index (χ1v) is 7.65. The van der Waals surface area contributed by atoms with Crippen molar-refractivity contribution in [2.45, 2.75) is 26.3 Å². The van der Waals surface area contributed by atoms with Crippen molar-refractivity contribution < 1.29 is 4.79 Å². The molecule has 1 unspecified atom stereocenters. The van der Waals surface area contributed by atoms with Gasteiger partial charge in [-0.3, -0.25) is 4.79 Å². The molecule has 0 aromatic heterocycles. The molecule has 0 heterocycles. The Hall–Kier alpha value is 0.167. The number of nitrogens with one attached hydrogen (secondary N) is 1. The van der Waals surface area contributed by atoms with Crippen LogP contribution in [0.1, 0.15) is 20.3 Å². The van der Waals surface area contributed by atoms with Crippen molar-refractivity contribution in [1.82, 2.24) is 4.98 Å². The van der Waals surface area contributed by atoms with Crippen LogP contribution in [-0.2, 0) is 4.79 Å². The third kappa shape index (κ3) is 6.05. The van der Waals surface area contributed by atoms with E-state index in [4.69, 9.17) is 0 Å². The van der Waals surface area contributed by atoms with Gasteiger partial charge >= 0.3 is 0 Å². The molecular formula is C5H12BrNOSi. The molecule has 0 saturated carbocycles. The fourth-order valence-electron chi connectivity index (χ4n) is 0.546. The van der Waals surface area contributed by atoms with Crippen LogP contribution in [0.15, 0.2) is 0 Å². The summed E-state index contributed by atoms with van der Waals surface area (Å²) in [7, 11) is -1.05. The van der Waals surface area contributed by atoms with Crippen molar-refractivity contribution in [3.8, 4) is 0 Å². The van der Waals surface area contributed by atoms with Crippen LogP contribution in [0.4, 0.5) is 0 Å². The summed E-state index contributed by atoms with van der Waals surface area (Å²) in [5.41, 5.74) is 0. The van der Waals surface area contributed by atoms with Gasteiger partial charge in [0.15, 0.2) is 0 Å². The summed E-state index contributed by atoms with van der Waals surface area (Å²) in [5, 5.41) is 0. The summed E-state index contributed by atoms with van der Waals surface area (Å²) in [6, 6.07) is 1.12. The summed E-state index contributed by atoms with van der Waals surface area (Å²) < 4.78 is 0. The van der Waals surface area contributed by atoms with Gasteiger partial charge in [-0.15, -0.1) is 15.3 Å². The predicted octanol–water partition coefficient (Wildman–Crippen LogP) is 1.15. The van der Waals surface area contributed by atoms with Gasteiger partial charge in [0, 0.05) is 6.92 Å². The molecular weight excluding hydrogens is 198 g/mol. The molecule has 1 amide bonds. The van der Waals surface area contributed by atoms with Crippen LogP contribution in [0.5, 0.6) is 0 Å². The minimum Gasteiger partial charge on any atom is -0.375 e. The Labute approximate surface area is 65.3 Å². The largest absolute Gasteiger partial charge is 0.375 e. The van der Waals surface area contributed by atoms with Crippen LogP contribution in [0.2, 0.25) is 6.04 Å². The van der Waals surface area contributed by atoms with E-state index in [1.165, 1.54) is 0 Å². The normalized spacial score (nSPS) is 12.8. The highest BCUT2D eigenvalue weighted by atomic mass is 79.9. The van der Waals surface area contributed by atoms with Crippen molar-refractivity contribution in [2.75, 3.05) is 0 Å². The lowest BCUT2D eigenvalue weighted by molar-refractivity contribution is -0.117. The zero-order valence-electron chi connectivity index (χ0n) is 5.78. The van der Waals surface area contributed by atoms with E-state index in [0.29, 0.717) is 0 Å². The third-order valence-corrected chi connectivity index (χ3v) is 4.77. The molecule has 0 rings (SSSR count). The standard InChI is InChI=1S/C5H12BrNOSi/c1-3-4-9(6)7-5(2)8/h9H,3-4H2,1-2H3,(H,7,8). The van der Waals surface area contributed by atoms with Crippen molar-refractivity contribution >= 4 is 28.8 Å². The number of amides is 1. The van der Waals surface area contributed by atoms with Gasteiger partial charge in [-0.2, -0.15) is 0 Å². The maximum Gasteiger partial charge on any atom is 0.213 e. The second kappa shape index (κ2) is 4.99. The molecule has 0 aliphatic rings. The molecule has 0 fully saturated rings. The average Bonchev–Trinajstić information content (AvgIpc) is 1.63. The van der Waals surface area contributed by atoms with Gasteiger partial charge < -0.3 is 4.98 Å². The minimum absolute atomic E-state index is 0.0805. The van der Waals surface area contributed by atoms with Crippen LogP contribution in [0.25, 0.3) is 0 Å². The SMILES string of the molecule is CCC[SiH](Br)NC(C)=O. The quantitative estimate of drug-likeness (QED) is 0.549. The molecule has 2 nitrogen and oxygen atoms in total. The lowest BCUT2D eigenvalue weighted by Gasteiger charge is -2.05. The van der Waals surface area contributed by atoms with E-state index >= 15 is 0 Å². The first-order valence-electron chi connectivity index (χ1n) is 3.08. The van der Waals surface area contributed by atoms with Gasteiger partial charge in [-0.1, -0.05) is 13.3 Å². The summed E-state index contributed by atoms with van der Waals surface area (Å²) in [5.74, 6) is 0.0805. The Bertz CT molecular complexity index is 99.0. The Morgan fingerprint density at radius 3 is 2.67 bits per heavy atom. The second-order valence-corrected chi connectivity index (χ2v) is 7.07. The van der Waals surface area contributed by atoms with Crippen molar-refractivity contribution in [3.05, 3.63) is 0 Å². The molecule has 0 aromatic carbocycles. The van der Waals surface area contributed by atoms with E-state index < -0.39 is 7.58 Å². The van der Waals surface area contributed by atoms with E-state index in [0.717, 1.165) is 12.5 Å². The van der Waals surface area contributed by atoms with Crippen LogP contribution < -0.4 is 4.98 Å². The number of carbonyl (C=O) groups is 1. The van der Waals surface area contributed by atoms with Gasteiger partial charge in [-0.25, -0.2) is 0 Å². The number of carbonyl (C=O) groups excluding carboxylic acids is 1. The highest BCUT2D eigenvalue weighted by molar-refractivity contribution is 9.24. The summed E-state index contributed by atoms with van der Waals surface area (Å²) in [6.45, 7) is 3.67. The molecule has 1 N–H and O–H groups in total. The number of halogens is 1. The maximum absolute atomic E-state index is 10.4. The summed E-state index contributed by atoms with van der Waals surface area (Å²) >= 11 is 3.45. The van der Waals surface area contributed by atoms with Crippen LogP contribution in [0, 0.1) is 0 Å². The first-order chi connectivity index (χ1) is 4.16. The van der Waals surface area contributed by atoms with Gasteiger partial charge in [-0.05, 0) is 6.04 Å². The molecule has 54 valence electrons. The van der Waals surface area contributed by atoms with Crippen molar-refractivity contribution in [2.24, 2.45) is 0 Å². The molecule has 0 aliphatic heterocycles. The molecule has 0 aliphatic carbocycles. The molecule has 9 heavy (non-hydrogen) atoms. The zero-order chi connectivity index (χ0) is 7.28. The van der Waals surface area contributed by atoms with Crippen LogP contribution in [0.3, 0.4) is 0 Å². The molecule has 0 bridgehead atoms. The number of rotatable bonds is 3. The number of hydrogen-bond acceptors (Lipinski definition) is 1. The topological polar surface area (TPSA) is 29.1 Å². The highest BCUT2D eigenvalue weighted by Crippen LogP contribution is 1.99. The Morgan fingerprint density at radius 2 is 2.33 bits per heavy atom. The lowest BCUT2D eigenvalue weighted by Crippen LogP contribution is -2.31. The van der Waals surface area contributed by atoms with E-state index in [9.17, 15) is 4.79 Å². The smallest absolute Gasteiger partial charge is 0.213 e. The highest BCUT2D eigenvalue weighted by Gasteiger charge is 2.04. The van der Waals surface area contributed by atoms with Gasteiger partial charge in [0.25, 0.3) is 0 Å². The fraction of sp³-hybridized carbons (Fsp3) is 0.800. The molecule has 0 aromatic rings. The van der Waals surface area contributed by atoms with Crippen molar-refractivity contribution in [3.63, 3.8) is 0 Å². The van der Waals surface area contributed by atoms with Crippen LogP contribution >= 0.6 is 15.3 Å². The molecule has 0 spiro atoms. The van der Waals surface area contributed by atoms with E-state index in [-0.39, 0.29) is 5.91 Å². The van der Waals surface area contributed by atoms with E-state index in [2.05, 4.69) is 27.2 Å². The van der Waals surface area contributed by atoms with Gasteiger partial charge in [0.05, 0.1) is 0 Å². The number of hydrogen-bond donors (Lipinski definition) is 1. The molecule has 4 heteroatoms. The molecule has 0 radical (unpaired) electrons. The Balaban J connectivity index is 3.26. The van der Waals surface area contributed by atoms with Gasteiger partial charge in [0.1, 0.15) is 0 Å². The van der Waals surface area contributed by atoms with Gasteiger partial charge in [0.2, 0.25) is 13.5 Å². The van der Waals surface area contributed by atoms with Crippen LogP contribution in [-0.4, -0.2) is 13.5 Å². The van der Waals surface area contributed by atoms with E-state index in [1.807, 2.05) is 0 Å².